The van der Waals surface area contributed by atoms with E-state index >= 15 is 0 Å². The summed E-state index contributed by atoms with van der Waals surface area (Å²) in [7, 11) is 3.18. The van der Waals surface area contributed by atoms with Crippen LogP contribution >= 0.6 is 0 Å². The lowest BCUT2D eigenvalue weighted by Crippen LogP contribution is -2.32. The third kappa shape index (κ3) is 4.22. The molecule has 1 fully saturated rings. The quantitative estimate of drug-likeness (QED) is 0.788. The first-order valence-electron chi connectivity index (χ1n) is 8.54. The SMILES string of the molecule is COc1ccc(OC2CCN(C(=O)Cc3ccc(OC)c(C)c3)C2)nn1. The summed E-state index contributed by atoms with van der Waals surface area (Å²) in [6.07, 6.45) is 1.08. The number of hydrogen-bond acceptors (Lipinski definition) is 6. The molecule has 1 atom stereocenters. The molecule has 3 rings (SSSR count). The topological polar surface area (TPSA) is 73.8 Å². The van der Waals surface area contributed by atoms with E-state index in [1.807, 2.05) is 30.0 Å². The fourth-order valence-corrected chi connectivity index (χ4v) is 3.04. The first kappa shape index (κ1) is 18.0. The van der Waals surface area contributed by atoms with E-state index in [-0.39, 0.29) is 12.0 Å². The Morgan fingerprint density at radius 1 is 1.15 bits per heavy atom. The molecule has 0 spiro atoms. The number of nitrogens with zero attached hydrogens (tertiary/aromatic N) is 3. The molecule has 26 heavy (non-hydrogen) atoms. The predicted molar refractivity (Wildman–Crippen MR) is 95.6 cm³/mol. The Morgan fingerprint density at radius 2 is 1.92 bits per heavy atom. The number of carbonyl (C=O) groups is 1. The van der Waals surface area contributed by atoms with Crippen molar-refractivity contribution in [2.75, 3.05) is 27.3 Å². The van der Waals surface area contributed by atoms with Gasteiger partial charge in [-0.05, 0) is 24.1 Å². The number of aryl methyl sites for hydroxylation is 1. The summed E-state index contributed by atoms with van der Waals surface area (Å²) >= 11 is 0. The summed E-state index contributed by atoms with van der Waals surface area (Å²) in [6, 6.07) is 9.24. The average molecular weight is 357 g/mol. The summed E-state index contributed by atoms with van der Waals surface area (Å²) in [5, 5.41) is 7.85. The fourth-order valence-electron chi connectivity index (χ4n) is 3.04. The Morgan fingerprint density at radius 3 is 2.58 bits per heavy atom. The Kier molecular flexibility index (Phi) is 5.55. The molecule has 7 heteroatoms. The van der Waals surface area contributed by atoms with Crippen LogP contribution in [0.15, 0.2) is 30.3 Å². The smallest absolute Gasteiger partial charge is 0.233 e. The lowest BCUT2D eigenvalue weighted by atomic mass is 10.1. The van der Waals surface area contributed by atoms with E-state index in [0.717, 1.165) is 23.3 Å². The van der Waals surface area contributed by atoms with Gasteiger partial charge in [-0.1, -0.05) is 12.1 Å². The number of ether oxygens (including phenoxy) is 3. The number of likely N-dealkylation sites (tertiary alicyclic amines) is 1. The number of benzene rings is 1. The zero-order valence-electron chi connectivity index (χ0n) is 15.3. The third-order valence-corrected chi connectivity index (χ3v) is 4.42. The van der Waals surface area contributed by atoms with Crippen LogP contribution in [0.1, 0.15) is 17.5 Å². The zero-order chi connectivity index (χ0) is 18.5. The van der Waals surface area contributed by atoms with Crippen molar-refractivity contribution in [3.8, 4) is 17.5 Å². The Bertz CT molecular complexity index is 764. The molecule has 1 aliphatic heterocycles. The van der Waals surface area contributed by atoms with E-state index in [2.05, 4.69) is 10.2 Å². The first-order valence-corrected chi connectivity index (χ1v) is 8.54. The van der Waals surface area contributed by atoms with Gasteiger partial charge in [0.05, 0.1) is 27.2 Å². The van der Waals surface area contributed by atoms with Crippen LogP contribution in [0.2, 0.25) is 0 Å². The maximum atomic E-state index is 12.6. The summed E-state index contributed by atoms with van der Waals surface area (Å²) < 4.78 is 16.1. The zero-order valence-corrected chi connectivity index (χ0v) is 15.3. The monoisotopic (exact) mass is 357 g/mol. The van der Waals surface area contributed by atoms with Gasteiger partial charge in [-0.25, -0.2) is 0 Å². The van der Waals surface area contributed by atoms with Crippen molar-refractivity contribution < 1.29 is 19.0 Å². The van der Waals surface area contributed by atoms with Crippen molar-refractivity contribution in [3.05, 3.63) is 41.5 Å². The standard InChI is InChI=1S/C19H23N3O4/c1-13-10-14(4-5-16(13)24-2)11-19(23)22-9-8-15(12-22)26-18-7-6-17(25-3)20-21-18/h4-7,10,15H,8-9,11-12H2,1-3H3. The van der Waals surface area contributed by atoms with E-state index in [1.165, 1.54) is 7.11 Å². The molecular weight excluding hydrogens is 334 g/mol. The second kappa shape index (κ2) is 8.03. The van der Waals surface area contributed by atoms with Crippen molar-refractivity contribution in [1.29, 1.82) is 0 Å². The molecule has 0 saturated carbocycles. The van der Waals surface area contributed by atoms with Crippen molar-refractivity contribution >= 4 is 5.91 Å². The number of amides is 1. The summed E-state index contributed by atoms with van der Waals surface area (Å²) in [5.41, 5.74) is 2.01. The molecule has 2 heterocycles. The molecule has 0 aliphatic carbocycles. The molecular formula is C19H23N3O4. The van der Waals surface area contributed by atoms with Gasteiger partial charge in [0.15, 0.2) is 0 Å². The Labute approximate surface area is 152 Å². The van der Waals surface area contributed by atoms with Gasteiger partial charge in [-0.15, -0.1) is 10.2 Å². The number of hydrogen-bond donors (Lipinski definition) is 0. The minimum Gasteiger partial charge on any atom is -0.496 e. The highest BCUT2D eigenvalue weighted by atomic mass is 16.5. The fraction of sp³-hybridized carbons (Fsp3) is 0.421. The average Bonchev–Trinajstić information content (AvgIpc) is 3.11. The van der Waals surface area contributed by atoms with Crippen LogP contribution in [0.5, 0.6) is 17.5 Å². The number of aromatic nitrogens is 2. The summed E-state index contributed by atoms with van der Waals surface area (Å²) in [4.78, 5) is 14.4. The minimum absolute atomic E-state index is 0.0701. The molecule has 1 aromatic carbocycles. The van der Waals surface area contributed by atoms with Gasteiger partial charge in [0.25, 0.3) is 0 Å². The molecule has 0 radical (unpaired) electrons. The van der Waals surface area contributed by atoms with E-state index in [0.29, 0.717) is 31.3 Å². The highest BCUT2D eigenvalue weighted by Crippen LogP contribution is 2.21. The summed E-state index contributed by atoms with van der Waals surface area (Å²) in [5.74, 6) is 1.81. The van der Waals surface area contributed by atoms with Crippen molar-refractivity contribution in [1.82, 2.24) is 15.1 Å². The van der Waals surface area contributed by atoms with E-state index in [1.54, 1.807) is 19.2 Å². The van der Waals surface area contributed by atoms with Crippen molar-refractivity contribution in [2.45, 2.75) is 25.9 Å². The highest BCUT2D eigenvalue weighted by Gasteiger charge is 2.28. The number of methoxy groups -OCH3 is 2. The van der Waals surface area contributed by atoms with Gasteiger partial charge in [0.2, 0.25) is 17.7 Å². The van der Waals surface area contributed by atoms with Crippen LogP contribution in [0, 0.1) is 6.92 Å². The normalized spacial score (nSPS) is 16.4. The van der Waals surface area contributed by atoms with Gasteiger partial charge in [-0.2, -0.15) is 0 Å². The van der Waals surface area contributed by atoms with Crippen LogP contribution in [-0.4, -0.2) is 54.4 Å². The lowest BCUT2D eigenvalue weighted by Gasteiger charge is -2.17. The van der Waals surface area contributed by atoms with Crippen LogP contribution in [-0.2, 0) is 11.2 Å². The molecule has 7 nitrogen and oxygen atoms in total. The maximum Gasteiger partial charge on any atom is 0.233 e. The Hall–Kier alpha value is -2.83. The highest BCUT2D eigenvalue weighted by molar-refractivity contribution is 5.79. The molecule has 1 aliphatic rings. The molecule has 1 aromatic heterocycles. The van der Waals surface area contributed by atoms with Gasteiger partial charge in [0.1, 0.15) is 11.9 Å². The van der Waals surface area contributed by atoms with Crippen molar-refractivity contribution in [2.24, 2.45) is 0 Å². The molecule has 1 amide bonds. The largest absolute Gasteiger partial charge is 0.496 e. The van der Waals surface area contributed by atoms with Gasteiger partial charge >= 0.3 is 0 Å². The third-order valence-electron chi connectivity index (χ3n) is 4.42. The molecule has 0 N–H and O–H groups in total. The number of rotatable bonds is 6. The van der Waals surface area contributed by atoms with Gasteiger partial charge in [-0.3, -0.25) is 4.79 Å². The van der Waals surface area contributed by atoms with Crippen LogP contribution < -0.4 is 14.2 Å². The van der Waals surface area contributed by atoms with Gasteiger partial charge in [0, 0.05) is 25.1 Å². The molecule has 1 unspecified atom stereocenters. The first-order chi connectivity index (χ1) is 12.6. The second-order valence-corrected chi connectivity index (χ2v) is 6.26. The summed E-state index contributed by atoms with van der Waals surface area (Å²) in [6.45, 7) is 3.21. The number of carbonyl (C=O) groups excluding carboxylic acids is 1. The van der Waals surface area contributed by atoms with Gasteiger partial charge < -0.3 is 19.1 Å². The molecule has 2 aromatic rings. The molecule has 0 bridgehead atoms. The van der Waals surface area contributed by atoms with Crippen LogP contribution in [0.25, 0.3) is 0 Å². The van der Waals surface area contributed by atoms with E-state index in [9.17, 15) is 4.79 Å². The second-order valence-electron chi connectivity index (χ2n) is 6.26. The lowest BCUT2D eigenvalue weighted by molar-refractivity contribution is -0.129. The van der Waals surface area contributed by atoms with Crippen molar-refractivity contribution in [3.63, 3.8) is 0 Å². The van der Waals surface area contributed by atoms with E-state index < -0.39 is 0 Å². The predicted octanol–water partition coefficient (Wildman–Crippen LogP) is 2.02. The maximum absolute atomic E-state index is 12.6. The Balaban J connectivity index is 1.54. The van der Waals surface area contributed by atoms with Crippen LogP contribution in [0.3, 0.4) is 0 Å². The molecule has 138 valence electrons. The van der Waals surface area contributed by atoms with Crippen LogP contribution in [0.4, 0.5) is 0 Å². The molecule has 1 saturated heterocycles. The minimum atomic E-state index is -0.0701. The van der Waals surface area contributed by atoms with E-state index in [4.69, 9.17) is 14.2 Å².